The van der Waals surface area contributed by atoms with Crippen LogP contribution in [0, 0.1) is 18.6 Å². The normalized spacial score (nSPS) is 14.3. The first kappa shape index (κ1) is 38.3. The highest BCUT2D eigenvalue weighted by Gasteiger charge is 2.36. The molecule has 0 atom stereocenters. The number of unbranched alkanes of at least 4 members (excludes halogenated alkanes) is 2. The number of aryl methyl sites for hydroxylation is 1. The van der Waals surface area contributed by atoms with Gasteiger partial charge in [-0.3, -0.25) is 19.6 Å². The first-order valence-corrected chi connectivity index (χ1v) is 20.6. The first-order valence-electron chi connectivity index (χ1n) is 17.4. The second-order valence-electron chi connectivity index (χ2n) is 14.7. The topological polar surface area (TPSA) is 108 Å². The van der Waals surface area contributed by atoms with Gasteiger partial charge in [-0.05, 0) is 75.1 Å². The van der Waals surface area contributed by atoms with Gasteiger partial charge in [0, 0.05) is 67.9 Å². The molecule has 0 bridgehead atoms. The van der Waals surface area contributed by atoms with Crippen molar-refractivity contribution in [1.29, 1.82) is 0 Å². The van der Waals surface area contributed by atoms with Gasteiger partial charge in [-0.15, -0.1) is 0 Å². The minimum absolute atomic E-state index is 0.0202. The molecule has 5 rings (SSSR count). The van der Waals surface area contributed by atoms with E-state index in [9.17, 15) is 9.59 Å². The van der Waals surface area contributed by atoms with Crippen molar-refractivity contribution in [1.82, 2.24) is 29.5 Å². The van der Waals surface area contributed by atoms with E-state index in [4.69, 9.17) is 16.0 Å². The summed E-state index contributed by atoms with van der Waals surface area (Å²) >= 11 is 6.55. The van der Waals surface area contributed by atoms with Crippen molar-refractivity contribution in [3.63, 3.8) is 0 Å². The van der Waals surface area contributed by atoms with Gasteiger partial charge in [0.1, 0.15) is 0 Å². The van der Waals surface area contributed by atoms with E-state index in [2.05, 4.69) is 59.3 Å². The standard InChI is InChI=1S/C37H48ClF2N7O3Si/c1-24-29(22-42-44-24)26-13-14-28(33(40)32(26)39)31-23-41-34(45(31)5)35(48)43-25-11-12-27(30(38)21-25)36(49)47-18-16-46(17-19-47)15-9-8-10-20-50-51(6,7)37(2,3)4/h11-14,21-23H,8-10,15-20H2,1-7H3,(H,42,44)(H,43,48). The number of amides is 2. The van der Waals surface area contributed by atoms with Gasteiger partial charge in [-0.1, -0.05) is 38.4 Å². The summed E-state index contributed by atoms with van der Waals surface area (Å²) in [4.78, 5) is 34.9. The molecule has 2 aromatic heterocycles. The summed E-state index contributed by atoms with van der Waals surface area (Å²) in [6, 6.07) is 7.65. The van der Waals surface area contributed by atoms with Crippen LogP contribution in [0.3, 0.4) is 0 Å². The van der Waals surface area contributed by atoms with E-state index in [1.807, 2.05) is 4.90 Å². The van der Waals surface area contributed by atoms with Crippen molar-refractivity contribution in [2.45, 2.75) is 65.1 Å². The maximum atomic E-state index is 15.3. The number of carbonyl (C=O) groups is 2. The molecule has 10 nitrogen and oxygen atoms in total. The van der Waals surface area contributed by atoms with Crippen LogP contribution in [0.5, 0.6) is 0 Å². The number of nitrogens with zero attached hydrogens (tertiary/aromatic N) is 5. The van der Waals surface area contributed by atoms with Crippen LogP contribution in [-0.4, -0.2) is 89.0 Å². The van der Waals surface area contributed by atoms with E-state index in [0.29, 0.717) is 35.6 Å². The lowest BCUT2D eigenvalue weighted by atomic mass is 10.0. The number of H-pyrrole nitrogens is 1. The van der Waals surface area contributed by atoms with Gasteiger partial charge in [0.2, 0.25) is 0 Å². The van der Waals surface area contributed by atoms with Crippen LogP contribution in [0.2, 0.25) is 23.2 Å². The Hall–Kier alpha value is -3.91. The summed E-state index contributed by atoms with van der Waals surface area (Å²) in [5.74, 6) is -2.84. The highest BCUT2D eigenvalue weighted by Crippen LogP contribution is 2.37. The summed E-state index contributed by atoms with van der Waals surface area (Å²) in [7, 11) is -0.153. The van der Waals surface area contributed by atoms with Crippen molar-refractivity contribution >= 4 is 37.4 Å². The predicted octanol–water partition coefficient (Wildman–Crippen LogP) is 7.92. The fourth-order valence-corrected chi connectivity index (χ4v) is 7.25. The second kappa shape index (κ2) is 15.8. The van der Waals surface area contributed by atoms with Crippen molar-refractivity contribution in [2.24, 2.45) is 7.05 Å². The Morgan fingerprint density at radius 1 is 0.980 bits per heavy atom. The summed E-state index contributed by atoms with van der Waals surface area (Å²) < 4.78 is 38.0. The molecule has 3 heterocycles. The van der Waals surface area contributed by atoms with Crippen LogP contribution in [0.1, 0.15) is 66.7 Å². The molecule has 274 valence electrons. The number of anilines is 1. The van der Waals surface area contributed by atoms with Crippen LogP contribution in [0.25, 0.3) is 22.4 Å². The highest BCUT2D eigenvalue weighted by atomic mass is 35.5. The molecular formula is C37H48ClF2N7O3Si. The Labute approximate surface area is 304 Å². The first-order chi connectivity index (χ1) is 24.1. The second-order valence-corrected chi connectivity index (χ2v) is 19.9. The number of aromatic nitrogens is 4. The monoisotopic (exact) mass is 739 g/mol. The number of hydrogen-bond donors (Lipinski definition) is 2. The molecule has 0 unspecified atom stereocenters. The lowest BCUT2D eigenvalue weighted by Crippen LogP contribution is -2.48. The fourth-order valence-electron chi connectivity index (χ4n) is 5.90. The Kier molecular flexibility index (Phi) is 11.8. The van der Waals surface area contributed by atoms with E-state index in [1.165, 1.54) is 35.2 Å². The predicted molar refractivity (Wildman–Crippen MR) is 200 cm³/mol. The molecule has 2 N–H and O–H groups in total. The third-order valence-electron chi connectivity index (χ3n) is 10.2. The van der Waals surface area contributed by atoms with Crippen LogP contribution in [0.15, 0.2) is 42.7 Å². The Morgan fingerprint density at radius 3 is 2.31 bits per heavy atom. The molecule has 0 aliphatic carbocycles. The number of rotatable bonds is 12. The number of carbonyl (C=O) groups excluding carboxylic acids is 2. The van der Waals surface area contributed by atoms with E-state index in [0.717, 1.165) is 45.5 Å². The zero-order chi connectivity index (χ0) is 37.1. The van der Waals surface area contributed by atoms with Gasteiger partial charge in [0.15, 0.2) is 25.8 Å². The Bertz CT molecular complexity index is 1880. The average Bonchev–Trinajstić information content (AvgIpc) is 3.68. The number of halogens is 3. The molecule has 0 saturated carbocycles. The van der Waals surface area contributed by atoms with Gasteiger partial charge in [-0.25, -0.2) is 13.8 Å². The molecule has 4 aromatic rings. The maximum Gasteiger partial charge on any atom is 0.291 e. The molecular weight excluding hydrogens is 692 g/mol. The SMILES string of the molecule is Cc1[nH]ncc1-c1ccc(-c2cnc(C(=O)Nc3ccc(C(=O)N4CCN(CCCCCO[Si](C)(C)C(C)(C)C)CC4)c(Cl)c3)n2C)c(F)c1F. The lowest BCUT2D eigenvalue weighted by Gasteiger charge is -2.36. The summed E-state index contributed by atoms with van der Waals surface area (Å²) in [5, 5.41) is 9.78. The fraction of sp³-hybridized carbons (Fsp3) is 0.459. The molecule has 1 aliphatic rings. The van der Waals surface area contributed by atoms with Gasteiger partial charge in [-0.2, -0.15) is 5.10 Å². The summed E-state index contributed by atoms with van der Waals surface area (Å²) in [6.07, 6.45) is 6.03. The number of imidazole rings is 1. The molecule has 1 fully saturated rings. The molecule has 0 spiro atoms. The largest absolute Gasteiger partial charge is 0.417 e. The van der Waals surface area contributed by atoms with Crippen molar-refractivity contribution < 1.29 is 22.8 Å². The van der Waals surface area contributed by atoms with Crippen molar-refractivity contribution in [3.8, 4) is 22.4 Å². The number of piperazine rings is 1. The van der Waals surface area contributed by atoms with Gasteiger partial charge in [0.25, 0.3) is 11.8 Å². The van der Waals surface area contributed by atoms with Crippen LogP contribution < -0.4 is 5.32 Å². The highest BCUT2D eigenvalue weighted by molar-refractivity contribution is 6.74. The maximum absolute atomic E-state index is 15.3. The summed E-state index contributed by atoms with van der Waals surface area (Å²) in [6.45, 7) is 17.7. The van der Waals surface area contributed by atoms with Crippen LogP contribution in [-0.2, 0) is 11.5 Å². The molecule has 1 aliphatic heterocycles. The molecule has 2 aromatic carbocycles. The van der Waals surface area contributed by atoms with Crippen LogP contribution >= 0.6 is 11.6 Å². The molecule has 2 amide bonds. The Morgan fingerprint density at radius 2 is 1.67 bits per heavy atom. The minimum atomic E-state index is -1.70. The molecule has 1 saturated heterocycles. The number of benzene rings is 2. The third kappa shape index (κ3) is 8.60. The van der Waals surface area contributed by atoms with Gasteiger partial charge in [0.05, 0.1) is 28.7 Å². The number of hydrogen-bond acceptors (Lipinski definition) is 6. The number of aromatic amines is 1. The van der Waals surface area contributed by atoms with Crippen molar-refractivity contribution in [2.75, 3.05) is 44.6 Å². The molecule has 51 heavy (non-hydrogen) atoms. The molecule has 14 heteroatoms. The Balaban J connectivity index is 1.12. The minimum Gasteiger partial charge on any atom is -0.417 e. The van der Waals surface area contributed by atoms with Gasteiger partial charge >= 0.3 is 0 Å². The quantitative estimate of drug-likeness (QED) is 0.113. The van der Waals surface area contributed by atoms with E-state index >= 15 is 8.78 Å². The van der Waals surface area contributed by atoms with Gasteiger partial charge < -0.3 is 19.2 Å². The summed E-state index contributed by atoms with van der Waals surface area (Å²) in [5.41, 5.74) is 2.04. The zero-order valence-corrected chi connectivity index (χ0v) is 32.3. The zero-order valence-electron chi connectivity index (χ0n) is 30.5. The van der Waals surface area contributed by atoms with E-state index in [1.54, 1.807) is 26.1 Å². The molecule has 0 radical (unpaired) electrons. The van der Waals surface area contributed by atoms with E-state index in [-0.39, 0.29) is 38.6 Å². The van der Waals surface area contributed by atoms with Crippen LogP contribution in [0.4, 0.5) is 14.5 Å². The van der Waals surface area contributed by atoms with E-state index < -0.39 is 25.9 Å². The third-order valence-corrected chi connectivity index (χ3v) is 15.0. The van der Waals surface area contributed by atoms with Crippen molar-refractivity contribution in [3.05, 3.63) is 76.5 Å². The average molecular weight is 740 g/mol. The lowest BCUT2D eigenvalue weighted by molar-refractivity contribution is 0.0634. The smallest absolute Gasteiger partial charge is 0.291 e. The number of nitrogens with one attached hydrogen (secondary N) is 2.